The highest BCUT2D eigenvalue weighted by atomic mass is 16.6. The minimum absolute atomic E-state index is 0.0565. The number of likely N-dealkylation sites (N-methyl/N-ethyl adjacent to an activating group) is 1. The summed E-state index contributed by atoms with van der Waals surface area (Å²) < 4.78 is 5.28. The molecule has 11 rings (SSSR count). The number of urea groups is 1. The fourth-order valence-corrected chi connectivity index (χ4v) is 10.2. The lowest BCUT2D eigenvalue weighted by Crippen LogP contribution is -2.34. The number of aliphatic hydroxyl groups is 2. The predicted molar refractivity (Wildman–Crippen MR) is 265 cm³/mol. The van der Waals surface area contributed by atoms with Crippen molar-refractivity contribution in [2.24, 2.45) is 46.5 Å². The third kappa shape index (κ3) is 12.3. The molecule has 6 unspecified atom stereocenters. The summed E-state index contributed by atoms with van der Waals surface area (Å²) in [5, 5.41) is 49.7. The van der Waals surface area contributed by atoms with Crippen molar-refractivity contribution in [3.05, 3.63) is 143 Å². The highest BCUT2D eigenvalue weighted by molar-refractivity contribution is 6.04. The average Bonchev–Trinajstić information content (AvgIpc) is 4.22. The summed E-state index contributed by atoms with van der Waals surface area (Å²) in [7, 11) is 3.42. The molecule has 4 aliphatic carbocycles. The van der Waals surface area contributed by atoms with E-state index in [1.165, 1.54) is 41.7 Å². The summed E-state index contributed by atoms with van der Waals surface area (Å²) in [6, 6.07) is 25.5. The fourth-order valence-electron chi connectivity index (χ4n) is 10.2. The molecule has 366 valence electrons. The number of aliphatic hydroxyl groups excluding tert-OH is 2. The second-order valence-electron chi connectivity index (χ2n) is 19.0. The number of carbonyl (C=O) groups is 2. The van der Waals surface area contributed by atoms with Gasteiger partial charge < -0.3 is 29.9 Å². The number of rotatable bonds is 7. The van der Waals surface area contributed by atoms with Crippen molar-refractivity contribution in [1.29, 1.82) is 0 Å². The summed E-state index contributed by atoms with van der Waals surface area (Å²) in [4.78, 5) is 36.4. The Morgan fingerprint density at radius 2 is 1.30 bits per heavy atom. The molecule has 70 heavy (non-hydrogen) atoms. The second kappa shape index (κ2) is 23.1. The number of allylic oxidation sites excluding steroid dienone is 3. The van der Waals surface area contributed by atoms with E-state index < -0.39 is 6.09 Å². The van der Waals surface area contributed by atoms with Gasteiger partial charge in [-0.2, -0.15) is 10.1 Å². The quantitative estimate of drug-likeness (QED) is 0.132. The van der Waals surface area contributed by atoms with Crippen molar-refractivity contribution < 1.29 is 29.6 Å². The lowest BCUT2D eigenvalue weighted by atomic mass is 9.80. The first-order chi connectivity index (χ1) is 34.0. The number of fused-ring (bicyclic) bond motifs is 4. The number of nitrogens with zero attached hydrogens (tertiary/aromatic N) is 10. The van der Waals surface area contributed by atoms with Crippen LogP contribution in [0.5, 0.6) is 11.5 Å². The molecule has 16 heteroatoms. The molecule has 2 aromatic carbocycles. The number of hydrogen-bond donors (Lipinski definition) is 3. The van der Waals surface area contributed by atoms with E-state index in [1.807, 2.05) is 69.4 Å². The Labute approximate surface area is 409 Å². The van der Waals surface area contributed by atoms with Crippen LogP contribution in [0.4, 0.5) is 9.59 Å². The van der Waals surface area contributed by atoms with Crippen LogP contribution in [0.2, 0.25) is 0 Å². The van der Waals surface area contributed by atoms with Gasteiger partial charge in [0.1, 0.15) is 17.2 Å². The van der Waals surface area contributed by atoms with Crippen LogP contribution in [0.1, 0.15) is 74.0 Å². The van der Waals surface area contributed by atoms with Crippen LogP contribution in [-0.2, 0) is 6.54 Å². The number of aryl methyl sites for hydroxylation is 2. The van der Waals surface area contributed by atoms with Gasteiger partial charge in [-0.3, -0.25) is 9.97 Å². The van der Waals surface area contributed by atoms with E-state index in [9.17, 15) is 14.7 Å². The smallest absolute Gasteiger partial charge is 0.415 e. The van der Waals surface area contributed by atoms with Crippen LogP contribution in [0.15, 0.2) is 126 Å². The van der Waals surface area contributed by atoms with E-state index in [0.717, 1.165) is 60.2 Å². The van der Waals surface area contributed by atoms with Crippen molar-refractivity contribution in [3.63, 3.8) is 0 Å². The maximum atomic E-state index is 12.6. The standard InChI is InChI=1S/C20H24N4O2.C17H16N6O2.C10H16O.C7H8O/c1-23-10-18-14-7-5-12-13(16(12)11-25)6-8-15(14)19(22-24(18)20(23)26)17-4-2-3-9-21-17;1-12-6-8-13(9-7-12)25-17(24)23(2)11-15-19-21-16(22-20-15)14-5-3-4-10-18-14;11-7-10-8-5-3-1-2-4-6-9(8)10;1-6-2-4-7(8)5-3-6/h2-4,9,12-13,15-16,25H,5-8,10-11H2,1H3;3-10H,11H2,1-2H3;1-2,8-11H,3-7H2;2-5,8H,1H3/b;;2-1+;. The SMILES string of the molecule is CN1CC2=C3CCC4C(CO)C4CCC3C(c3ccccn3)=NN2C1=O.Cc1ccc(O)cc1.Cc1ccc(OC(=O)N(C)Cc2nnc(-c3ccccn3)nn2)cc1.OCC1C2CC/C=C/CCC12. The molecule has 5 heterocycles. The zero-order valence-electron chi connectivity index (χ0n) is 40.5. The molecule has 3 amide bonds. The summed E-state index contributed by atoms with van der Waals surface area (Å²) in [5.74, 6) is 5.84. The Balaban J connectivity index is 0.000000138. The molecular formula is C54H64N10O6. The third-order valence-electron chi connectivity index (χ3n) is 14.2. The number of carbonyl (C=O) groups excluding carboxylic acids is 2. The average molecular weight is 949 g/mol. The molecular weight excluding hydrogens is 885 g/mol. The zero-order chi connectivity index (χ0) is 49.1. The van der Waals surface area contributed by atoms with E-state index in [0.29, 0.717) is 72.3 Å². The molecule has 1 saturated heterocycles. The number of benzene rings is 2. The molecule has 2 aliphatic heterocycles. The Kier molecular flexibility index (Phi) is 16.4. The van der Waals surface area contributed by atoms with Crippen molar-refractivity contribution in [1.82, 2.24) is 45.2 Å². The molecule has 16 nitrogen and oxygen atoms in total. The van der Waals surface area contributed by atoms with Crippen molar-refractivity contribution >= 4 is 17.8 Å². The Bertz CT molecular complexity index is 2580. The normalized spacial score (nSPS) is 24.2. The van der Waals surface area contributed by atoms with Crippen LogP contribution in [0, 0.1) is 55.3 Å². The van der Waals surface area contributed by atoms with Crippen LogP contribution < -0.4 is 4.74 Å². The maximum absolute atomic E-state index is 12.6. The van der Waals surface area contributed by atoms with Crippen molar-refractivity contribution in [2.45, 2.75) is 71.8 Å². The molecule has 6 aliphatic rings. The number of amides is 3. The third-order valence-corrected chi connectivity index (χ3v) is 14.2. The molecule has 3 N–H and O–H groups in total. The second-order valence-corrected chi connectivity index (χ2v) is 19.0. The largest absolute Gasteiger partial charge is 0.508 e. The molecule has 3 aromatic heterocycles. The van der Waals surface area contributed by atoms with E-state index in [1.54, 1.807) is 65.7 Å². The van der Waals surface area contributed by atoms with Gasteiger partial charge in [0.25, 0.3) is 0 Å². The van der Waals surface area contributed by atoms with E-state index >= 15 is 0 Å². The zero-order valence-corrected chi connectivity index (χ0v) is 40.5. The van der Waals surface area contributed by atoms with Crippen LogP contribution in [-0.4, -0.2) is 112 Å². The van der Waals surface area contributed by atoms with Gasteiger partial charge in [-0.05, 0) is 155 Å². The van der Waals surface area contributed by atoms with Gasteiger partial charge in [0.2, 0.25) is 5.82 Å². The minimum atomic E-state index is -0.513. The van der Waals surface area contributed by atoms with Gasteiger partial charge in [0.15, 0.2) is 5.82 Å². The fraction of sp³-hybridized carbons (Fsp3) is 0.426. The summed E-state index contributed by atoms with van der Waals surface area (Å²) in [5.41, 5.74) is 7.06. The van der Waals surface area contributed by atoms with Crippen LogP contribution in [0.25, 0.3) is 11.5 Å². The Morgan fingerprint density at radius 1 is 0.729 bits per heavy atom. The van der Waals surface area contributed by atoms with Gasteiger partial charge in [-0.25, -0.2) is 9.59 Å². The summed E-state index contributed by atoms with van der Waals surface area (Å²) in [6.45, 7) is 5.45. The number of hydrogen-bond acceptors (Lipinski definition) is 13. The van der Waals surface area contributed by atoms with Gasteiger partial charge in [-0.15, -0.1) is 20.4 Å². The first-order valence-electron chi connectivity index (χ1n) is 24.4. The highest BCUT2D eigenvalue weighted by Gasteiger charge is 2.51. The minimum Gasteiger partial charge on any atom is -0.508 e. The van der Waals surface area contributed by atoms with Crippen LogP contribution in [0.3, 0.4) is 0 Å². The summed E-state index contributed by atoms with van der Waals surface area (Å²) >= 11 is 0. The molecule has 3 saturated carbocycles. The highest BCUT2D eigenvalue weighted by Crippen LogP contribution is 2.56. The first-order valence-corrected chi connectivity index (χ1v) is 24.4. The number of phenols is 1. The summed E-state index contributed by atoms with van der Waals surface area (Å²) in [6.07, 6.45) is 16.8. The maximum Gasteiger partial charge on any atom is 0.415 e. The van der Waals surface area contributed by atoms with E-state index in [4.69, 9.17) is 20.1 Å². The predicted octanol–water partition coefficient (Wildman–Crippen LogP) is 8.41. The van der Waals surface area contributed by atoms with E-state index in [-0.39, 0.29) is 18.5 Å². The molecule has 0 spiro atoms. The number of aromatic nitrogens is 6. The lowest BCUT2D eigenvalue weighted by Gasteiger charge is -2.31. The number of pyridine rings is 2. The lowest BCUT2D eigenvalue weighted by molar-refractivity contribution is 0.159. The van der Waals surface area contributed by atoms with Gasteiger partial charge >= 0.3 is 12.1 Å². The first kappa shape index (κ1) is 49.5. The Morgan fingerprint density at radius 3 is 1.87 bits per heavy atom. The van der Waals surface area contributed by atoms with Crippen molar-refractivity contribution in [2.75, 3.05) is 33.9 Å². The molecule has 6 atom stereocenters. The Hall–Kier alpha value is -6.91. The molecule has 4 fully saturated rings. The van der Waals surface area contributed by atoms with Gasteiger partial charge in [-0.1, -0.05) is 59.7 Å². The molecule has 0 bridgehead atoms. The number of aromatic hydroxyl groups is 1. The number of hydrazone groups is 1. The topological polar surface area (TPSA) is 203 Å². The van der Waals surface area contributed by atoms with E-state index in [2.05, 4.69) is 42.5 Å². The van der Waals surface area contributed by atoms with Gasteiger partial charge in [0, 0.05) is 45.6 Å². The number of phenolic OH excluding ortho intramolecular Hbond substituents is 1. The molecule has 5 aromatic rings. The molecule has 0 radical (unpaired) electrons. The number of ether oxygens (including phenoxy) is 1. The van der Waals surface area contributed by atoms with Gasteiger partial charge in [0.05, 0.1) is 30.2 Å². The van der Waals surface area contributed by atoms with Crippen LogP contribution >= 0.6 is 0 Å². The van der Waals surface area contributed by atoms with Crippen molar-refractivity contribution in [3.8, 4) is 23.0 Å². The monoisotopic (exact) mass is 949 g/mol.